The summed E-state index contributed by atoms with van der Waals surface area (Å²) in [6.07, 6.45) is 3.10. The SMILES string of the molecule is COc1c(C)cc(N=C2CCCc3ccc(O)cc32)cc1C. The normalized spacial score (nSPS) is 15.7. The van der Waals surface area contributed by atoms with Crippen LogP contribution in [0.25, 0.3) is 0 Å². The van der Waals surface area contributed by atoms with Gasteiger partial charge in [-0.05, 0) is 74.1 Å². The summed E-state index contributed by atoms with van der Waals surface area (Å²) in [5.41, 5.74) is 6.54. The molecule has 3 rings (SSSR count). The van der Waals surface area contributed by atoms with Gasteiger partial charge in [0.25, 0.3) is 0 Å². The Morgan fingerprint density at radius 1 is 1.05 bits per heavy atom. The first-order valence-corrected chi connectivity index (χ1v) is 7.63. The number of aryl methyl sites for hydroxylation is 3. The third kappa shape index (κ3) is 2.71. The summed E-state index contributed by atoms with van der Waals surface area (Å²) in [6, 6.07) is 9.69. The molecule has 2 aromatic rings. The molecule has 0 saturated carbocycles. The van der Waals surface area contributed by atoms with E-state index in [0.29, 0.717) is 5.75 Å². The Hall–Kier alpha value is -2.29. The predicted octanol–water partition coefficient (Wildman–Crippen LogP) is 4.47. The van der Waals surface area contributed by atoms with Crippen molar-refractivity contribution in [1.82, 2.24) is 0 Å². The fraction of sp³-hybridized carbons (Fsp3) is 0.316. The highest BCUT2D eigenvalue weighted by Crippen LogP contribution is 2.31. The molecule has 0 amide bonds. The second kappa shape index (κ2) is 5.84. The average Bonchev–Trinajstić information content (AvgIpc) is 2.47. The van der Waals surface area contributed by atoms with E-state index < -0.39 is 0 Å². The Morgan fingerprint density at radius 3 is 2.45 bits per heavy atom. The molecule has 114 valence electrons. The Kier molecular flexibility index (Phi) is 3.88. The Labute approximate surface area is 131 Å². The van der Waals surface area contributed by atoms with E-state index in [4.69, 9.17) is 9.73 Å². The number of methoxy groups -OCH3 is 1. The van der Waals surface area contributed by atoms with Crippen molar-refractivity contribution in [3.63, 3.8) is 0 Å². The summed E-state index contributed by atoms with van der Waals surface area (Å²) < 4.78 is 5.41. The fourth-order valence-electron chi connectivity index (χ4n) is 3.22. The van der Waals surface area contributed by atoms with E-state index in [2.05, 4.69) is 12.1 Å². The molecule has 0 unspecified atom stereocenters. The van der Waals surface area contributed by atoms with Gasteiger partial charge in [0.05, 0.1) is 12.8 Å². The van der Waals surface area contributed by atoms with E-state index in [1.54, 1.807) is 13.2 Å². The number of nitrogens with zero attached hydrogens (tertiary/aromatic N) is 1. The minimum absolute atomic E-state index is 0.301. The zero-order valence-corrected chi connectivity index (χ0v) is 13.3. The first-order valence-electron chi connectivity index (χ1n) is 7.63. The van der Waals surface area contributed by atoms with Crippen molar-refractivity contribution in [3.05, 3.63) is 52.6 Å². The van der Waals surface area contributed by atoms with Gasteiger partial charge in [-0.3, -0.25) is 4.99 Å². The van der Waals surface area contributed by atoms with Crippen LogP contribution < -0.4 is 4.74 Å². The molecule has 0 atom stereocenters. The molecule has 1 aliphatic carbocycles. The predicted molar refractivity (Wildman–Crippen MR) is 89.7 cm³/mol. The third-order valence-electron chi connectivity index (χ3n) is 4.18. The molecule has 2 aromatic carbocycles. The van der Waals surface area contributed by atoms with Gasteiger partial charge in [-0.2, -0.15) is 0 Å². The standard InChI is InChI=1S/C19H21NO2/c1-12-9-15(10-13(2)19(12)22-3)20-18-6-4-5-14-7-8-16(21)11-17(14)18/h7-11,21H,4-6H2,1-3H3. The fourth-order valence-corrected chi connectivity index (χ4v) is 3.22. The van der Waals surface area contributed by atoms with Crippen LogP contribution in [0, 0.1) is 13.8 Å². The average molecular weight is 295 g/mol. The highest BCUT2D eigenvalue weighted by atomic mass is 16.5. The Morgan fingerprint density at radius 2 is 1.77 bits per heavy atom. The maximum atomic E-state index is 9.76. The highest BCUT2D eigenvalue weighted by molar-refractivity contribution is 6.04. The Balaban J connectivity index is 2.06. The minimum Gasteiger partial charge on any atom is -0.508 e. The van der Waals surface area contributed by atoms with Crippen molar-refractivity contribution in [3.8, 4) is 11.5 Å². The number of phenols is 1. The quantitative estimate of drug-likeness (QED) is 0.888. The molecule has 0 heterocycles. The van der Waals surface area contributed by atoms with Crippen LogP contribution in [0.3, 0.4) is 0 Å². The molecule has 22 heavy (non-hydrogen) atoms. The van der Waals surface area contributed by atoms with Crippen LogP contribution in [0.1, 0.15) is 35.1 Å². The molecule has 1 N–H and O–H groups in total. The van der Waals surface area contributed by atoms with Crippen molar-refractivity contribution >= 4 is 11.4 Å². The smallest absolute Gasteiger partial charge is 0.124 e. The van der Waals surface area contributed by atoms with Crippen molar-refractivity contribution in [2.75, 3.05) is 7.11 Å². The molecule has 0 fully saturated rings. The summed E-state index contributed by atoms with van der Waals surface area (Å²) in [7, 11) is 1.70. The monoisotopic (exact) mass is 295 g/mol. The molecule has 0 radical (unpaired) electrons. The van der Waals surface area contributed by atoms with Gasteiger partial charge in [-0.1, -0.05) is 6.07 Å². The molecule has 0 bridgehead atoms. The summed E-state index contributed by atoms with van der Waals surface area (Å²) in [5.74, 6) is 1.22. The highest BCUT2D eigenvalue weighted by Gasteiger charge is 2.16. The molecule has 0 saturated heterocycles. The number of hydrogen-bond donors (Lipinski definition) is 1. The lowest BCUT2D eigenvalue weighted by molar-refractivity contribution is 0.408. The van der Waals surface area contributed by atoms with Crippen LogP contribution in [0.5, 0.6) is 11.5 Å². The number of aliphatic imine (C=N–C) groups is 1. The van der Waals surface area contributed by atoms with Crippen LogP contribution in [0.15, 0.2) is 35.3 Å². The van der Waals surface area contributed by atoms with Crippen molar-refractivity contribution in [1.29, 1.82) is 0 Å². The maximum absolute atomic E-state index is 9.76. The summed E-state index contributed by atoms with van der Waals surface area (Å²) >= 11 is 0. The zero-order chi connectivity index (χ0) is 15.7. The number of aromatic hydroxyl groups is 1. The van der Waals surface area contributed by atoms with Crippen molar-refractivity contribution in [2.24, 2.45) is 4.99 Å². The summed E-state index contributed by atoms with van der Waals surface area (Å²) in [6.45, 7) is 4.08. The second-order valence-electron chi connectivity index (χ2n) is 5.87. The van der Waals surface area contributed by atoms with Gasteiger partial charge in [0.15, 0.2) is 0 Å². The first kappa shape index (κ1) is 14.6. The molecular weight excluding hydrogens is 274 g/mol. The van der Waals surface area contributed by atoms with Gasteiger partial charge in [-0.15, -0.1) is 0 Å². The van der Waals surface area contributed by atoms with E-state index in [0.717, 1.165) is 53.1 Å². The Bertz CT molecular complexity index is 724. The largest absolute Gasteiger partial charge is 0.508 e. The van der Waals surface area contributed by atoms with Gasteiger partial charge in [-0.25, -0.2) is 0 Å². The van der Waals surface area contributed by atoms with Crippen LogP contribution in [0.2, 0.25) is 0 Å². The lowest BCUT2D eigenvalue weighted by Crippen LogP contribution is -2.11. The summed E-state index contributed by atoms with van der Waals surface area (Å²) in [4.78, 5) is 4.85. The van der Waals surface area contributed by atoms with Gasteiger partial charge < -0.3 is 9.84 Å². The molecule has 0 aliphatic heterocycles. The van der Waals surface area contributed by atoms with E-state index in [9.17, 15) is 5.11 Å². The van der Waals surface area contributed by atoms with Crippen LogP contribution in [-0.2, 0) is 6.42 Å². The van der Waals surface area contributed by atoms with E-state index in [-0.39, 0.29) is 0 Å². The number of rotatable bonds is 2. The molecule has 0 spiro atoms. The molecule has 1 aliphatic rings. The first-order chi connectivity index (χ1) is 10.6. The lowest BCUT2D eigenvalue weighted by Gasteiger charge is -2.18. The van der Waals surface area contributed by atoms with E-state index in [1.807, 2.05) is 26.0 Å². The topological polar surface area (TPSA) is 41.8 Å². The van der Waals surface area contributed by atoms with E-state index >= 15 is 0 Å². The van der Waals surface area contributed by atoms with Crippen LogP contribution in [-0.4, -0.2) is 17.9 Å². The number of fused-ring (bicyclic) bond motifs is 1. The molecule has 3 heteroatoms. The molecular formula is C19H21NO2. The number of ether oxygens (including phenoxy) is 1. The second-order valence-corrected chi connectivity index (χ2v) is 5.87. The van der Waals surface area contributed by atoms with Gasteiger partial charge in [0, 0.05) is 11.3 Å². The minimum atomic E-state index is 0.301. The van der Waals surface area contributed by atoms with Crippen molar-refractivity contribution in [2.45, 2.75) is 33.1 Å². The van der Waals surface area contributed by atoms with E-state index in [1.165, 1.54) is 5.56 Å². The third-order valence-corrected chi connectivity index (χ3v) is 4.18. The maximum Gasteiger partial charge on any atom is 0.124 e. The lowest BCUT2D eigenvalue weighted by atomic mass is 9.89. The zero-order valence-electron chi connectivity index (χ0n) is 13.3. The van der Waals surface area contributed by atoms with Crippen LogP contribution in [0.4, 0.5) is 5.69 Å². The van der Waals surface area contributed by atoms with Crippen molar-refractivity contribution < 1.29 is 9.84 Å². The molecule has 3 nitrogen and oxygen atoms in total. The van der Waals surface area contributed by atoms with Crippen LogP contribution >= 0.6 is 0 Å². The number of phenolic OH excluding ortho intramolecular Hbond substituents is 1. The number of hydrogen-bond acceptors (Lipinski definition) is 3. The number of benzene rings is 2. The molecule has 0 aromatic heterocycles. The van der Waals surface area contributed by atoms with Gasteiger partial charge in [0.1, 0.15) is 11.5 Å². The summed E-state index contributed by atoms with van der Waals surface area (Å²) in [5, 5.41) is 9.76. The van der Waals surface area contributed by atoms with Gasteiger partial charge in [0.2, 0.25) is 0 Å². The van der Waals surface area contributed by atoms with Gasteiger partial charge >= 0.3 is 0 Å².